The van der Waals surface area contributed by atoms with Crippen molar-refractivity contribution in [1.29, 1.82) is 0 Å². The monoisotopic (exact) mass is 290 g/mol. The Morgan fingerprint density at radius 1 is 0.857 bits per heavy atom. The minimum Gasteiger partial charge on any atom is -0.188 e. The molecule has 102 valence electrons. The number of aromatic nitrogens is 1. The molecule has 0 aliphatic carbocycles. The lowest BCUT2D eigenvalue weighted by Crippen LogP contribution is -2.30. The van der Waals surface area contributed by atoms with Crippen LogP contribution in [0.25, 0.3) is 21.0 Å². The van der Waals surface area contributed by atoms with Crippen molar-refractivity contribution >= 4 is 32.3 Å². The van der Waals surface area contributed by atoms with Crippen LogP contribution in [0.5, 0.6) is 0 Å². The van der Waals surface area contributed by atoms with Crippen LogP contribution in [0.1, 0.15) is 10.6 Å². The van der Waals surface area contributed by atoms with Gasteiger partial charge in [-0.3, -0.25) is 0 Å². The van der Waals surface area contributed by atoms with E-state index in [0.717, 1.165) is 6.42 Å². The van der Waals surface area contributed by atoms with E-state index in [0.29, 0.717) is 0 Å². The second kappa shape index (κ2) is 4.97. The van der Waals surface area contributed by atoms with Crippen LogP contribution in [-0.4, -0.2) is 0 Å². The minimum absolute atomic E-state index is 0.987. The topological polar surface area (TPSA) is 3.88 Å². The molecule has 0 N–H and O–H groups in total. The lowest BCUT2D eigenvalue weighted by atomic mass is 10.1. The van der Waals surface area contributed by atoms with Gasteiger partial charge in [-0.15, -0.1) is 0 Å². The van der Waals surface area contributed by atoms with Gasteiger partial charge in [0, 0.05) is 6.07 Å². The highest BCUT2D eigenvalue weighted by atomic mass is 32.1. The van der Waals surface area contributed by atoms with E-state index in [-0.39, 0.29) is 0 Å². The second-order valence-electron chi connectivity index (χ2n) is 5.38. The van der Waals surface area contributed by atoms with Crippen molar-refractivity contribution in [2.45, 2.75) is 6.42 Å². The number of hydrogen-bond donors (Lipinski definition) is 0. The summed E-state index contributed by atoms with van der Waals surface area (Å²) in [6, 6.07) is 23.9. The Hall–Kier alpha value is -2.19. The van der Waals surface area contributed by atoms with Gasteiger partial charge in [0.25, 0.3) is 0 Å². The summed E-state index contributed by atoms with van der Waals surface area (Å²) in [5, 5.41) is 4.02. The molecule has 0 unspecified atom stereocenters. The molecule has 4 rings (SSSR count). The largest absolute Gasteiger partial charge is 0.242 e. The lowest BCUT2D eigenvalue weighted by molar-refractivity contribution is -0.647. The Balaban J connectivity index is 1.77. The molecule has 4 aromatic rings. The number of thiazole rings is 1. The standard InChI is InChI=1S/C19H16NS/c1-20-17-8-4-5-9-18(17)21-19(20)13-14-10-11-15-6-2-3-7-16(15)12-14/h2-12H,13H2,1H3/q+1. The highest BCUT2D eigenvalue weighted by Crippen LogP contribution is 2.23. The number of rotatable bonds is 2. The number of benzene rings is 3. The van der Waals surface area contributed by atoms with Gasteiger partial charge in [0.2, 0.25) is 10.5 Å². The average molecular weight is 290 g/mol. The Morgan fingerprint density at radius 2 is 1.62 bits per heavy atom. The summed E-state index contributed by atoms with van der Waals surface area (Å²) in [5.41, 5.74) is 2.69. The normalized spacial score (nSPS) is 11.3. The van der Waals surface area contributed by atoms with E-state index < -0.39 is 0 Å². The van der Waals surface area contributed by atoms with Gasteiger partial charge < -0.3 is 0 Å². The van der Waals surface area contributed by atoms with Gasteiger partial charge >= 0.3 is 0 Å². The number of para-hydroxylation sites is 1. The number of nitrogens with zero attached hydrogens (tertiary/aromatic N) is 1. The fraction of sp³-hybridized carbons (Fsp3) is 0.105. The van der Waals surface area contributed by atoms with E-state index >= 15 is 0 Å². The fourth-order valence-corrected chi connectivity index (χ4v) is 4.01. The van der Waals surface area contributed by atoms with Crippen LogP contribution in [0, 0.1) is 0 Å². The quantitative estimate of drug-likeness (QED) is 0.480. The molecule has 0 saturated carbocycles. The molecule has 0 aliphatic rings. The van der Waals surface area contributed by atoms with Crippen LogP contribution in [0.2, 0.25) is 0 Å². The van der Waals surface area contributed by atoms with Gasteiger partial charge in [-0.2, -0.15) is 4.57 Å². The van der Waals surface area contributed by atoms with E-state index in [1.165, 1.54) is 31.6 Å². The van der Waals surface area contributed by atoms with Crippen molar-refractivity contribution in [3.63, 3.8) is 0 Å². The molecular weight excluding hydrogens is 274 g/mol. The van der Waals surface area contributed by atoms with Crippen molar-refractivity contribution in [3.05, 3.63) is 77.3 Å². The van der Waals surface area contributed by atoms with Gasteiger partial charge in [-0.05, 0) is 22.4 Å². The highest BCUT2D eigenvalue weighted by molar-refractivity contribution is 7.18. The van der Waals surface area contributed by atoms with Crippen LogP contribution in [0.15, 0.2) is 66.7 Å². The first-order chi connectivity index (χ1) is 10.3. The molecule has 3 aromatic carbocycles. The Labute approximate surface area is 128 Å². The smallest absolute Gasteiger partial charge is 0.188 e. The van der Waals surface area contributed by atoms with Crippen LogP contribution in [0.3, 0.4) is 0 Å². The van der Waals surface area contributed by atoms with Crippen LogP contribution in [-0.2, 0) is 13.5 Å². The number of fused-ring (bicyclic) bond motifs is 2. The predicted molar refractivity (Wildman–Crippen MR) is 89.8 cm³/mol. The highest BCUT2D eigenvalue weighted by Gasteiger charge is 2.16. The third-order valence-electron chi connectivity index (χ3n) is 4.00. The zero-order valence-electron chi connectivity index (χ0n) is 11.9. The van der Waals surface area contributed by atoms with E-state index in [1.54, 1.807) is 0 Å². The fourth-order valence-electron chi connectivity index (χ4n) is 2.83. The minimum atomic E-state index is 0.987. The number of aryl methyl sites for hydroxylation is 1. The predicted octanol–water partition coefficient (Wildman–Crippen LogP) is 4.47. The van der Waals surface area contributed by atoms with Gasteiger partial charge in [-0.25, -0.2) is 0 Å². The van der Waals surface area contributed by atoms with Gasteiger partial charge in [0.1, 0.15) is 11.7 Å². The molecule has 0 atom stereocenters. The first-order valence-corrected chi connectivity index (χ1v) is 7.97. The second-order valence-corrected chi connectivity index (χ2v) is 6.50. The molecule has 1 heterocycles. The van der Waals surface area contributed by atoms with Crippen LogP contribution < -0.4 is 4.57 Å². The molecule has 0 aliphatic heterocycles. The molecule has 0 saturated heterocycles. The van der Waals surface area contributed by atoms with Crippen molar-refractivity contribution in [1.82, 2.24) is 0 Å². The van der Waals surface area contributed by atoms with Crippen LogP contribution >= 0.6 is 11.3 Å². The zero-order chi connectivity index (χ0) is 14.2. The Morgan fingerprint density at radius 3 is 2.48 bits per heavy atom. The summed E-state index contributed by atoms with van der Waals surface area (Å²) in [7, 11) is 2.16. The molecule has 0 spiro atoms. The van der Waals surface area contributed by atoms with Crippen molar-refractivity contribution in [2.24, 2.45) is 7.05 Å². The summed E-state index contributed by atoms with van der Waals surface area (Å²) in [6.07, 6.45) is 0.987. The molecule has 21 heavy (non-hydrogen) atoms. The van der Waals surface area contributed by atoms with Gasteiger partial charge in [-0.1, -0.05) is 65.9 Å². The van der Waals surface area contributed by atoms with Gasteiger partial charge in [0.05, 0.1) is 6.42 Å². The molecule has 2 heteroatoms. The maximum Gasteiger partial charge on any atom is 0.242 e. The van der Waals surface area contributed by atoms with Gasteiger partial charge in [0.15, 0.2) is 0 Å². The maximum atomic E-state index is 2.31. The summed E-state index contributed by atoms with van der Waals surface area (Å²) in [4.78, 5) is 0. The summed E-state index contributed by atoms with van der Waals surface area (Å²) in [6.45, 7) is 0. The van der Waals surface area contributed by atoms with E-state index in [4.69, 9.17) is 0 Å². The van der Waals surface area contributed by atoms with E-state index in [1.807, 2.05) is 11.3 Å². The molecule has 0 bridgehead atoms. The van der Waals surface area contributed by atoms with E-state index in [9.17, 15) is 0 Å². The van der Waals surface area contributed by atoms with Crippen molar-refractivity contribution < 1.29 is 4.57 Å². The Bertz CT molecular complexity index is 937. The molecule has 1 nitrogen and oxygen atoms in total. The first kappa shape index (κ1) is 12.5. The van der Waals surface area contributed by atoms with Crippen molar-refractivity contribution in [2.75, 3.05) is 0 Å². The number of hydrogen-bond acceptors (Lipinski definition) is 1. The van der Waals surface area contributed by atoms with Crippen molar-refractivity contribution in [3.8, 4) is 0 Å². The zero-order valence-corrected chi connectivity index (χ0v) is 12.7. The average Bonchev–Trinajstić information content (AvgIpc) is 2.84. The Kier molecular flexibility index (Phi) is 2.97. The SMILES string of the molecule is C[n+]1c(Cc2ccc3ccccc3c2)sc2ccccc21. The summed E-state index contributed by atoms with van der Waals surface area (Å²) < 4.78 is 3.67. The third kappa shape index (κ3) is 2.22. The lowest BCUT2D eigenvalue weighted by Gasteiger charge is -2.01. The molecule has 0 fully saturated rings. The summed E-state index contributed by atoms with van der Waals surface area (Å²) in [5.74, 6) is 0. The van der Waals surface area contributed by atoms with Crippen LogP contribution in [0.4, 0.5) is 0 Å². The van der Waals surface area contributed by atoms with E-state index in [2.05, 4.69) is 78.3 Å². The summed E-state index contributed by atoms with van der Waals surface area (Å²) >= 11 is 1.89. The molecule has 0 radical (unpaired) electrons. The third-order valence-corrected chi connectivity index (χ3v) is 5.22. The maximum absolute atomic E-state index is 2.31. The molecule has 1 aromatic heterocycles. The molecule has 0 amide bonds. The first-order valence-electron chi connectivity index (χ1n) is 7.15. The molecular formula is C19H16NS+.